The summed E-state index contributed by atoms with van der Waals surface area (Å²) >= 11 is 11.1. The predicted molar refractivity (Wildman–Crippen MR) is 42.8 cm³/mol. The van der Waals surface area contributed by atoms with Crippen LogP contribution >= 0.6 is 23.2 Å². The largest absolute Gasteiger partial charge is 0.366 e. The first-order chi connectivity index (χ1) is 5.11. The quantitative estimate of drug-likeness (QED) is 0.683. The second-order valence-corrected chi connectivity index (χ2v) is 2.65. The van der Waals surface area contributed by atoms with E-state index in [0.717, 1.165) is 0 Å². The van der Waals surface area contributed by atoms with Gasteiger partial charge in [0.05, 0.1) is 10.6 Å². The lowest BCUT2D eigenvalue weighted by Gasteiger charge is -1.97. The van der Waals surface area contributed by atoms with Gasteiger partial charge in [-0.15, -0.1) is 0 Å². The Bertz CT molecular complexity index is 301. The molecule has 0 atom stereocenters. The zero-order valence-electron chi connectivity index (χ0n) is 5.34. The van der Waals surface area contributed by atoms with Crippen LogP contribution in [0.1, 0.15) is 10.4 Å². The fraction of sp³-hybridized carbons (Fsp3) is 0. The lowest BCUT2D eigenvalue weighted by Crippen LogP contribution is -2.11. The van der Waals surface area contributed by atoms with Gasteiger partial charge in [0.15, 0.2) is 0 Å². The number of hydrogen-bond donors (Lipinski definition) is 1. The number of nitrogens with two attached hydrogens (primary N) is 1. The number of rotatable bonds is 1. The van der Waals surface area contributed by atoms with E-state index in [0.29, 0.717) is 5.02 Å². The molecule has 1 rings (SSSR count). The average Bonchev–Trinajstić information content (AvgIpc) is 1.94. The van der Waals surface area contributed by atoms with Crippen LogP contribution in [0.5, 0.6) is 0 Å². The lowest BCUT2D eigenvalue weighted by molar-refractivity contribution is 0.1000. The summed E-state index contributed by atoms with van der Waals surface area (Å²) in [6.07, 6.45) is 1.34. The molecule has 58 valence electrons. The Hall–Kier alpha value is -0.800. The summed E-state index contributed by atoms with van der Waals surface area (Å²) in [6, 6.07) is 1.37. The van der Waals surface area contributed by atoms with E-state index in [1.807, 2.05) is 0 Å². The smallest absolute Gasteiger partial charge is 0.251 e. The minimum atomic E-state index is -0.634. The van der Waals surface area contributed by atoms with Crippen molar-refractivity contribution in [2.45, 2.75) is 0 Å². The number of primary amides is 1. The molecule has 1 heterocycles. The molecule has 0 saturated carbocycles. The van der Waals surface area contributed by atoms with Gasteiger partial charge in [0.25, 0.3) is 5.91 Å². The SMILES string of the molecule is NC(=O)c1cc(Cl)cnc1Cl. The van der Waals surface area contributed by atoms with Crippen molar-refractivity contribution >= 4 is 29.1 Å². The van der Waals surface area contributed by atoms with Crippen LogP contribution in [0, 0.1) is 0 Å². The first-order valence-electron chi connectivity index (χ1n) is 2.72. The summed E-state index contributed by atoms with van der Waals surface area (Å²) in [5, 5.41) is 0.408. The number of hydrogen-bond acceptors (Lipinski definition) is 2. The first kappa shape index (κ1) is 8.30. The Balaban J connectivity index is 3.23. The van der Waals surface area contributed by atoms with Crippen molar-refractivity contribution in [2.75, 3.05) is 0 Å². The monoisotopic (exact) mass is 190 g/mol. The van der Waals surface area contributed by atoms with Crippen molar-refractivity contribution < 1.29 is 4.79 Å². The second-order valence-electron chi connectivity index (χ2n) is 1.86. The minimum absolute atomic E-state index is 0.0712. The molecule has 0 aliphatic heterocycles. The summed E-state index contributed by atoms with van der Waals surface area (Å²) in [7, 11) is 0. The van der Waals surface area contributed by atoms with Crippen LogP contribution in [0.2, 0.25) is 10.2 Å². The van der Waals surface area contributed by atoms with Crippen LogP contribution in [0.4, 0.5) is 0 Å². The van der Waals surface area contributed by atoms with Crippen molar-refractivity contribution in [3.05, 3.63) is 28.0 Å². The van der Waals surface area contributed by atoms with Gasteiger partial charge in [-0.2, -0.15) is 0 Å². The Labute approximate surface area is 73.1 Å². The third-order valence-electron chi connectivity index (χ3n) is 1.07. The molecule has 1 aromatic rings. The molecule has 5 heteroatoms. The zero-order valence-corrected chi connectivity index (χ0v) is 6.86. The normalized spacial score (nSPS) is 9.64. The molecule has 0 spiro atoms. The molecular formula is C6H4Cl2N2O. The summed E-state index contributed by atoms with van der Waals surface area (Å²) in [4.78, 5) is 14.2. The maximum atomic E-state index is 10.6. The predicted octanol–water partition coefficient (Wildman–Crippen LogP) is 1.49. The summed E-state index contributed by atoms with van der Waals surface area (Å²) in [6.45, 7) is 0. The highest BCUT2D eigenvalue weighted by atomic mass is 35.5. The highest BCUT2D eigenvalue weighted by molar-refractivity contribution is 6.34. The Kier molecular flexibility index (Phi) is 2.31. The van der Waals surface area contributed by atoms with Crippen molar-refractivity contribution in [2.24, 2.45) is 5.73 Å². The van der Waals surface area contributed by atoms with E-state index in [4.69, 9.17) is 28.9 Å². The van der Waals surface area contributed by atoms with Gasteiger partial charge in [-0.25, -0.2) is 4.98 Å². The van der Waals surface area contributed by atoms with Gasteiger partial charge in [0.1, 0.15) is 5.15 Å². The molecule has 1 aromatic heterocycles. The van der Waals surface area contributed by atoms with Gasteiger partial charge >= 0.3 is 0 Å². The Morgan fingerprint density at radius 1 is 1.55 bits per heavy atom. The van der Waals surface area contributed by atoms with E-state index >= 15 is 0 Å². The van der Waals surface area contributed by atoms with Crippen LogP contribution in [-0.2, 0) is 0 Å². The van der Waals surface area contributed by atoms with Gasteiger partial charge in [0.2, 0.25) is 0 Å². The number of amides is 1. The zero-order chi connectivity index (χ0) is 8.43. The first-order valence-corrected chi connectivity index (χ1v) is 3.47. The van der Waals surface area contributed by atoms with E-state index in [9.17, 15) is 4.79 Å². The van der Waals surface area contributed by atoms with Crippen LogP contribution in [-0.4, -0.2) is 10.9 Å². The molecule has 0 aliphatic carbocycles. The number of halogens is 2. The summed E-state index contributed by atoms with van der Waals surface area (Å²) in [5.41, 5.74) is 5.10. The van der Waals surface area contributed by atoms with Crippen molar-refractivity contribution in [3.8, 4) is 0 Å². The highest BCUT2D eigenvalue weighted by Gasteiger charge is 2.07. The number of pyridine rings is 1. The Morgan fingerprint density at radius 2 is 2.18 bits per heavy atom. The van der Waals surface area contributed by atoms with E-state index < -0.39 is 5.91 Å². The Morgan fingerprint density at radius 3 is 2.64 bits per heavy atom. The fourth-order valence-electron chi connectivity index (χ4n) is 0.595. The maximum absolute atomic E-state index is 10.6. The molecule has 0 bridgehead atoms. The standard InChI is InChI=1S/C6H4Cl2N2O/c7-3-1-4(6(9)11)5(8)10-2-3/h1-2H,(H2,9,11). The van der Waals surface area contributed by atoms with Crippen molar-refractivity contribution in [1.29, 1.82) is 0 Å². The molecule has 0 fully saturated rings. The maximum Gasteiger partial charge on any atom is 0.251 e. The third-order valence-corrected chi connectivity index (χ3v) is 1.58. The number of nitrogens with zero attached hydrogens (tertiary/aromatic N) is 1. The second kappa shape index (κ2) is 3.07. The highest BCUT2D eigenvalue weighted by Crippen LogP contribution is 2.16. The van der Waals surface area contributed by atoms with E-state index in [1.54, 1.807) is 0 Å². The van der Waals surface area contributed by atoms with Crippen LogP contribution in [0.25, 0.3) is 0 Å². The van der Waals surface area contributed by atoms with E-state index in [2.05, 4.69) is 4.98 Å². The molecule has 0 aromatic carbocycles. The van der Waals surface area contributed by atoms with E-state index in [1.165, 1.54) is 12.3 Å². The minimum Gasteiger partial charge on any atom is -0.366 e. The molecular weight excluding hydrogens is 187 g/mol. The van der Waals surface area contributed by atoms with Gasteiger partial charge in [-0.05, 0) is 6.07 Å². The third kappa shape index (κ3) is 1.82. The fourth-order valence-corrected chi connectivity index (χ4v) is 0.950. The topological polar surface area (TPSA) is 56.0 Å². The van der Waals surface area contributed by atoms with Gasteiger partial charge in [-0.1, -0.05) is 23.2 Å². The number of aromatic nitrogens is 1. The molecule has 0 saturated heterocycles. The molecule has 0 unspecified atom stereocenters. The van der Waals surface area contributed by atoms with Gasteiger partial charge < -0.3 is 5.73 Å². The number of carbonyl (C=O) groups is 1. The average molecular weight is 191 g/mol. The summed E-state index contributed by atoms with van der Waals surface area (Å²) < 4.78 is 0. The van der Waals surface area contributed by atoms with Gasteiger partial charge in [0, 0.05) is 6.20 Å². The molecule has 0 aliphatic rings. The molecule has 11 heavy (non-hydrogen) atoms. The van der Waals surface area contributed by atoms with Crippen LogP contribution < -0.4 is 5.73 Å². The van der Waals surface area contributed by atoms with Crippen molar-refractivity contribution in [1.82, 2.24) is 4.98 Å². The molecule has 1 amide bonds. The van der Waals surface area contributed by atoms with Crippen LogP contribution in [0.3, 0.4) is 0 Å². The van der Waals surface area contributed by atoms with E-state index in [-0.39, 0.29) is 10.7 Å². The molecule has 3 nitrogen and oxygen atoms in total. The van der Waals surface area contributed by atoms with Crippen molar-refractivity contribution in [3.63, 3.8) is 0 Å². The molecule has 0 radical (unpaired) electrons. The summed E-state index contributed by atoms with van der Waals surface area (Å²) in [5.74, 6) is -0.634. The van der Waals surface area contributed by atoms with Gasteiger partial charge in [-0.3, -0.25) is 4.79 Å². The number of carbonyl (C=O) groups excluding carboxylic acids is 1. The lowest BCUT2D eigenvalue weighted by atomic mass is 10.3. The van der Waals surface area contributed by atoms with Crippen LogP contribution in [0.15, 0.2) is 12.3 Å². The molecule has 2 N–H and O–H groups in total.